The van der Waals surface area contributed by atoms with Crippen molar-refractivity contribution in [2.45, 2.75) is 33.6 Å². The van der Waals surface area contributed by atoms with E-state index in [0.29, 0.717) is 0 Å². The fraction of sp³-hybridized carbons (Fsp3) is 0.636. The SMILES string of the molecule is CC(C)=CCC/C(C)=C/S(=O)(=O)N(C)C. The van der Waals surface area contributed by atoms with Crippen molar-refractivity contribution < 1.29 is 8.42 Å². The van der Waals surface area contributed by atoms with Gasteiger partial charge in [0.05, 0.1) is 0 Å². The zero-order valence-corrected chi connectivity index (χ0v) is 11.1. The Morgan fingerprint density at radius 1 is 1.20 bits per heavy atom. The molecule has 0 aromatic heterocycles. The van der Waals surface area contributed by atoms with Gasteiger partial charge in [0.1, 0.15) is 0 Å². The second-order valence-electron chi connectivity index (χ2n) is 4.11. The molecule has 0 aliphatic heterocycles. The van der Waals surface area contributed by atoms with Crippen LogP contribution in [0.2, 0.25) is 0 Å². The first kappa shape index (κ1) is 14.4. The second-order valence-corrected chi connectivity index (χ2v) is 6.11. The van der Waals surface area contributed by atoms with E-state index in [0.717, 1.165) is 18.4 Å². The summed E-state index contributed by atoms with van der Waals surface area (Å²) in [4.78, 5) is 0. The molecule has 0 aromatic carbocycles. The van der Waals surface area contributed by atoms with Crippen LogP contribution in [0.5, 0.6) is 0 Å². The normalized spacial score (nSPS) is 13.1. The van der Waals surface area contributed by atoms with Crippen molar-refractivity contribution in [3.05, 3.63) is 22.6 Å². The van der Waals surface area contributed by atoms with Gasteiger partial charge in [-0.3, -0.25) is 0 Å². The zero-order chi connectivity index (χ0) is 12.1. The molecule has 3 nitrogen and oxygen atoms in total. The number of hydrogen-bond acceptors (Lipinski definition) is 2. The fourth-order valence-electron chi connectivity index (χ4n) is 1.01. The van der Waals surface area contributed by atoms with Gasteiger partial charge in [-0.2, -0.15) is 0 Å². The summed E-state index contributed by atoms with van der Waals surface area (Å²) < 4.78 is 24.2. The second kappa shape index (κ2) is 6.08. The van der Waals surface area contributed by atoms with Gasteiger partial charge in [0.2, 0.25) is 10.0 Å². The first-order valence-corrected chi connectivity index (χ1v) is 6.49. The molecule has 0 saturated heterocycles. The summed E-state index contributed by atoms with van der Waals surface area (Å²) >= 11 is 0. The minimum Gasteiger partial charge on any atom is -0.208 e. The highest BCUT2D eigenvalue weighted by atomic mass is 32.2. The molecule has 0 aliphatic carbocycles. The van der Waals surface area contributed by atoms with Gasteiger partial charge < -0.3 is 0 Å². The highest BCUT2D eigenvalue weighted by Crippen LogP contribution is 2.09. The third-order valence-corrected chi connectivity index (χ3v) is 3.67. The smallest absolute Gasteiger partial charge is 0.208 e. The van der Waals surface area contributed by atoms with Crippen LogP contribution in [0.4, 0.5) is 0 Å². The molecule has 0 N–H and O–H groups in total. The van der Waals surface area contributed by atoms with Crippen LogP contribution in [-0.4, -0.2) is 26.8 Å². The Hall–Kier alpha value is -0.610. The van der Waals surface area contributed by atoms with Crippen LogP contribution in [0, 0.1) is 0 Å². The van der Waals surface area contributed by atoms with E-state index in [1.54, 1.807) is 0 Å². The molecule has 0 heterocycles. The molecule has 0 aromatic rings. The number of allylic oxidation sites excluding steroid dienone is 3. The van der Waals surface area contributed by atoms with Crippen molar-refractivity contribution >= 4 is 10.0 Å². The van der Waals surface area contributed by atoms with Gasteiger partial charge >= 0.3 is 0 Å². The fourth-order valence-corrected chi connectivity index (χ4v) is 1.84. The van der Waals surface area contributed by atoms with Gasteiger partial charge in [0.25, 0.3) is 0 Å². The Balaban J connectivity index is 4.40. The van der Waals surface area contributed by atoms with Gasteiger partial charge in [0.15, 0.2) is 0 Å². The Kier molecular flexibility index (Phi) is 5.83. The van der Waals surface area contributed by atoms with Gasteiger partial charge in [-0.25, -0.2) is 12.7 Å². The molecule has 0 aliphatic rings. The Morgan fingerprint density at radius 3 is 2.13 bits per heavy atom. The highest BCUT2D eigenvalue weighted by molar-refractivity contribution is 7.92. The molecule has 0 spiro atoms. The molecular weight excluding hydrogens is 210 g/mol. The van der Waals surface area contributed by atoms with Crippen LogP contribution >= 0.6 is 0 Å². The Morgan fingerprint density at radius 2 is 1.73 bits per heavy atom. The average Bonchev–Trinajstić information content (AvgIpc) is 2.01. The number of rotatable bonds is 5. The van der Waals surface area contributed by atoms with Gasteiger partial charge in [-0.05, 0) is 33.6 Å². The molecule has 15 heavy (non-hydrogen) atoms. The van der Waals surface area contributed by atoms with E-state index in [9.17, 15) is 8.42 Å². The zero-order valence-electron chi connectivity index (χ0n) is 10.2. The maximum atomic E-state index is 11.5. The van der Waals surface area contributed by atoms with E-state index >= 15 is 0 Å². The molecule has 0 unspecified atom stereocenters. The summed E-state index contributed by atoms with van der Waals surface area (Å²) in [5, 5.41) is 1.34. The third kappa shape index (κ3) is 6.47. The van der Waals surface area contributed by atoms with E-state index in [-0.39, 0.29) is 0 Å². The molecule has 0 fully saturated rings. The molecular formula is C11H21NO2S. The lowest BCUT2D eigenvalue weighted by molar-refractivity contribution is 0.530. The van der Waals surface area contributed by atoms with E-state index in [4.69, 9.17) is 0 Å². The number of hydrogen-bond donors (Lipinski definition) is 0. The van der Waals surface area contributed by atoms with E-state index in [2.05, 4.69) is 6.08 Å². The summed E-state index contributed by atoms with van der Waals surface area (Å²) in [6, 6.07) is 0. The molecule has 0 amide bonds. The lowest BCUT2D eigenvalue weighted by Crippen LogP contribution is -2.19. The van der Waals surface area contributed by atoms with Crippen LogP contribution in [0.3, 0.4) is 0 Å². The monoisotopic (exact) mass is 231 g/mol. The van der Waals surface area contributed by atoms with Crippen molar-refractivity contribution in [3.8, 4) is 0 Å². The molecule has 0 rings (SSSR count). The van der Waals surface area contributed by atoms with Crippen molar-refractivity contribution in [1.82, 2.24) is 4.31 Å². The van der Waals surface area contributed by atoms with Gasteiger partial charge in [0, 0.05) is 19.5 Å². The standard InChI is InChI=1S/C11H21NO2S/c1-10(2)7-6-8-11(3)9-15(13,14)12(4)5/h7,9H,6,8H2,1-5H3/b11-9+. The predicted octanol–water partition coefficient (Wildman–Crippen LogP) is 2.53. The topological polar surface area (TPSA) is 37.4 Å². The lowest BCUT2D eigenvalue weighted by atomic mass is 10.1. The van der Waals surface area contributed by atoms with Crippen LogP contribution in [0.15, 0.2) is 22.6 Å². The number of nitrogens with zero attached hydrogens (tertiary/aromatic N) is 1. The molecule has 0 saturated carbocycles. The molecule has 0 radical (unpaired) electrons. The average molecular weight is 231 g/mol. The molecule has 4 heteroatoms. The van der Waals surface area contributed by atoms with Crippen molar-refractivity contribution in [2.24, 2.45) is 0 Å². The molecule has 88 valence electrons. The summed E-state index contributed by atoms with van der Waals surface area (Å²) in [7, 11) is -0.124. The van der Waals surface area contributed by atoms with Crippen molar-refractivity contribution in [2.75, 3.05) is 14.1 Å². The van der Waals surface area contributed by atoms with Crippen LogP contribution < -0.4 is 0 Å². The lowest BCUT2D eigenvalue weighted by Gasteiger charge is -2.08. The predicted molar refractivity (Wildman–Crippen MR) is 65.0 cm³/mol. The number of sulfonamides is 1. The van der Waals surface area contributed by atoms with Crippen LogP contribution in [0.1, 0.15) is 33.6 Å². The summed E-state index contributed by atoms with van der Waals surface area (Å²) in [6.45, 7) is 5.92. The van der Waals surface area contributed by atoms with Gasteiger partial charge in [-0.15, -0.1) is 0 Å². The van der Waals surface area contributed by atoms with Crippen LogP contribution in [0.25, 0.3) is 0 Å². The summed E-state index contributed by atoms with van der Waals surface area (Å²) in [5.74, 6) is 0. The van der Waals surface area contributed by atoms with E-state index < -0.39 is 10.0 Å². The van der Waals surface area contributed by atoms with Crippen LogP contribution in [-0.2, 0) is 10.0 Å². The third-order valence-electron chi connectivity index (χ3n) is 1.95. The minimum atomic E-state index is -3.20. The first-order chi connectivity index (χ1) is 6.75. The molecule has 0 atom stereocenters. The molecule has 0 bridgehead atoms. The van der Waals surface area contributed by atoms with Crippen molar-refractivity contribution in [1.29, 1.82) is 0 Å². The maximum Gasteiger partial charge on any atom is 0.235 e. The Labute approximate surface area is 93.5 Å². The van der Waals surface area contributed by atoms with Gasteiger partial charge in [-0.1, -0.05) is 17.2 Å². The highest BCUT2D eigenvalue weighted by Gasteiger charge is 2.09. The largest absolute Gasteiger partial charge is 0.235 e. The first-order valence-electron chi connectivity index (χ1n) is 4.99. The minimum absolute atomic E-state index is 0.790. The van der Waals surface area contributed by atoms with E-state index in [1.165, 1.54) is 29.4 Å². The van der Waals surface area contributed by atoms with E-state index in [1.807, 2.05) is 20.8 Å². The summed E-state index contributed by atoms with van der Waals surface area (Å²) in [6.07, 6.45) is 3.80. The Bertz CT molecular complexity index is 347. The maximum absolute atomic E-state index is 11.5. The quantitative estimate of drug-likeness (QED) is 0.682. The summed E-state index contributed by atoms with van der Waals surface area (Å²) in [5.41, 5.74) is 2.15. The van der Waals surface area contributed by atoms with Crippen molar-refractivity contribution in [3.63, 3.8) is 0 Å².